The van der Waals surface area contributed by atoms with Gasteiger partial charge < -0.3 is 15.4 Å². The van der Waals surface area contributed by atoms with Gasteiger partial charge in [0.25, 0.3) is 0 Å². The zero-order chi connectivity index (χ0) is 22.2. The first-order valence-electron chi connectivity index (χ1n) is 11.7. The molecule has 0 atom stereocenters. The van der Waals surface area contributed by atoms with E-state index in [4.69, 9.17) is 4.74 Å². The molecule has 10 heteroatoms. The monoisotopic (exact) mass is 569 g/mol. The van der Waals surface area contributed by atoms with Crippen LogP contribution in [0.3, 0.4) is 0 Å². The first-order chi connectivity index (χ1) is 15.7. The van der Waals surface area contributed by atoms with E-state index in [9.17, 15) is 4.79 Å². The van der Waals surface area contributed by atoms with Crippen LogP contribution >= 0.6 is 24.0 Å². The number of nitrogens with one attached hydrogen (secondary N) is 2. The van der Waals surface area contributed by atoms with E-state index in [1.54, 1.807) is 11.7 Å². The lowest BCUT2D eigenvalue weighted by Gasteiger charge is -2.27. The standard InChI is InChI=1S/C23H35N7O2.HI/c1-24-22(25-10-6-12-30-23(31)29-11-5-4-9-21(29)27-30)26-17-19-7-2-3-8-20(19)18-28-13-15-32-16-14-28;/h2-3,7-8H,4-6,9-18H2,1H3,(H2,24,25,26);1H. The number of halogens is 1. The van der Waals surface area contributed by atoms with Crippen molar-refractivity contribution in [3.8, 4) is 0 Å². The fourth-order valence-corrected chi connectivity index (χ4v) is 4.31. The summed E-state index contributed by atoms with van der Waals surface area (Å²) in [5.41, 5.74) is 2.64. The zero-order valence-electron chi connectivity index (χ0n) is 19.5. The normalized spacial score (nSPS) is 16.7. The number of aromatic nitrogens is 3. The second-order valence-corrected chi connectivity index (χ2v) is 8.39. The number of aryl methyl sites for hydroxylation is 2. The molecule has 33 heavy (non-hydrogen) atoms. The number of benzene rings is 1. The minimum atomic E-state index is 0. The van der Waals surface area contributed by atoms with Crippen LogP contribution in [0.25, 0.3) is 0 Å². The van der Waals surface area contributed by atoms with Gasteiger partial charge in [0.05, 0.1) is 13.2 Å². The Kier molecular flexibility index (Phi) is 10.2. The Morgan fingerprint density at radius 3 is 2.67 bits per heavy atom. The van der Waals surface area contributed by atoms with Gasteiger partial charge in [-0.2, -0.15) is 5.10 Å². The van der Waals surface area contributed by atoms with Crippen LogP contribution in [-0.2, 0) is 37.3 Å². The second kappa shape index (κ2) is 13.1. The molecule has 4 rings (SSSR count). The van der Waals surface area contributed by atoms with Gasteiger partial charge in [0.1, 0.15) is 5.82 Å². The molecule has 0 saturated carbocycles. The lowest BCUT2D eigenvalue weighted by molar-refractivity contribution is 0.0341. The minimum Gasteiger partial charge on any atom is -0.379 e. The molecule has 0 bridgehead atoms. The smallest absolute Gasteiger partial charge is 0.345 e. The average Bonchev–Trinajstić information content (AvgIpc) is 3.16. The molecule has 3 heterocycles. The molecule has 2 aliphatic rings. The maximum absolute atomic E-state index is 12.4. The minimum absolute atomic E-state index is 0. The van der Waals surface area contributed by atoms with Crippen molar-refractivity contribution in [2.24, 2.45) is 4.99 Å². The Labute approximate surface area is 212 Å². The highest BCUT2D eigenvalue weighted by molar-refractivity contribution is 14.0. The summed E-state index contributed by atoms with van der Waals surface area (Å²) in [6, 6.07) is 8.55. The van der Waals surface area contributed by atoms with Crippen LogP contribution in [-0.4, -0.2) is 65.1 Å². The lowest BCUT2D eigenvalue weighted by atomic mass is 10.1. The Balaban J connectivity index is 0.00000306. The number of hydrogen-bond donors (Lipinski definition) is 2. The van der Waals surface area contributed by atoms with Gasteiger partial charge in [-0.3, -0.25) is 14.5 Å². The van der Waals surface area contributed by atoms with Crippen molar-refractivity contribution in [3.05, 3.63) is 51.7 Å². The number of hydrogen-bond acceptors (Lipinski definition) is 5. The molecule has 2 aromatic rings. The average molecular weight is 569 g/mol. The Hall–Kier alpha value is -1.92. The number of aliphatic imine (C=N–C) groups is 1. The molecule has 1 aromatic heterocycles. The highest BCUT2D eigenvalue weighted by Crippen LogP contribution is 2.13. The van der Waals surface area contributed by atoms with Crippen LogP contribution in [0.5, 0.6) is 0 Å². The maximum Gasteiger partial charge on any atom is 0.345 e. The third-order valence-electron chi connectivity index (χ3n) is 6.16. The van der Waals surface area contributed by atoms with Gasteiger partial charge in [-0.25, -0.2) is 9.48 Å². The maximum atomic E-state index is 12.4. The Morgan fingerprint density at radius 1 is 1.12 bits per heavy atom. The van der Waals surface area contributed by atoms with Gasteiger partial charge in [0.2, 0.25) is 0 Å². The topological polar surface area (TPSA) is 88.7 Å². The lowest BCUT2D eigenvalue weighted by Crippen LogP contribution is -2.38. The summed E-state index contributed by atoms with van der Waals surface area (Å²) < 4.78 is 8.90. The molecule has 9 nitrogen and oxygen atoms in total. The van der Waals surface area contributed by atoms with Crippen molar-refractivity contribution in [1.29, 1.82) is 0 Å². The van der Waals surface area contributed by atoms with E-state index in [0.717, 1.165) is 83.4 Å². The van der Waals surface area contributed by atoms with E-state index in [0.29, 0.717) is 13.1 Å². The summed E-state index contributed by atoms with van der Waals surface area (Å²) >= 11 is 0. The van der Waals surface area contributed by atoms with E-state index in [1.807, 2.05) is 4.57 Å². The highest BCUT2D eigenvalue weighted by Gasteiger charge is 2.16. The summed E-state index contributed by atoms with van der Waals surface area (Å²) in [4.78, 5) is 19.2. The number of rotatable bonds is 8. The van der Waals surface area contributed by atoms with Crippen molar-refractivity contribution in [3.63, 3.8) is 0 Å². The van der Waals surface area contributed by atoms with E-state index in [2.05, 4.69) is 49.9 Å². The predicted molar refractivity (Wildman–Crippen MR) is 140 cm³/mol. The van der Waals surface area contributed by atoms with Crippen molar-refractivity contribution in [2.45, 2.75) is 51.9 Å². The summed E-state index contributed by atoms with van der Waals surface area (Å²) in [7, 11) is 1.78. The third-order valence-corrected chi connectivity index (χ3v) is 6.16. The zero-order valence-corrected chi connectivity index (χ0v) is 21.8. The van der Waals surface area contributed by atoms with Gasteiger partial charge in [-0.1, -0.05) is 24.3 Å². The molecule has 1 saturated heterocycles. The fourth-order valence-electron chi connectivity index (χ4n) is 4.31. The largest absolute Gasteiger partial charge is 0.379 e. The van der Waals surface area contributed by atoms with Crippen LogP contribution in [0, 0.1) is 0 Å². The molecule has 0 unspecified atom stereocenters. The first kappa shape index (κ1) is 25.7. The summed E-state index contributed by atoms with van der Waals surface area (Å²) in [6.45, 7) is 7.38. The van der Waals surface area contributed by atoms with Gasteiger partial charge in [-0.15, -0.1) is 24.0 Å². The molecule has 0 radical (unpaired) electrons. The third kappa shape index (κ3) is 7.03. The predicted octanol–water partition coefficient (Wildman–Crippen LogP) is 1.59. The molecular weight excluding hydrogens is 533 g/mol. The molecular formula is C23H36IN7O2. The van der Waals surface area contributed by atoms with Gasteiger partial charge in [-0.05, 0) is 30.4 Å². The molecule has 2 N–H and O–H groups in total. The number of guanidine groups is 1. The Bertz CT molecular complexity index is 966. The van der Waals surface area contributed by atoms with Gasteiger partial charge >= 0.3 is 5.69 Å². The second-order valence-electron chi connectivity index (χ2n) is 8.39. The van der Waals surface area contributed by atoms with E-state index in [-0.39, 0.29) is 29.7 Å². The van der Waals surface area contributed by atoms with Crippen molar-refractivity contribution < 1.29 is 4.74 Å². The van der Waals surface area contributed by atoms with E-state index >= 15 is 0 Å². The molecule has 1 fully saturated rings. The summed E-state index contributed by atoms with van der Waals surface area (Å²) in [5, 5.41) is 11.3. The number of nitrogens with zero attached hydrogens (tertiary/aromatic N) is 5. The van der Waals surface area contributed by atoms with Crippen molar-refractivity contribution in [1.82, 2.24) is 29.9 Å². The van der Waals surface area contributed by atoms with Crippen LogP contribution in [0.4, 0.5) is 0 Å². The fraction of sp³-hybridized carbons (Fsp3) is 0.609. The van der Waals surface area contributed by atoms with E-state index in [1.165, 1.54) is 11.1 Å². The van der Waals surface area contributed by atoms with Crippen LogP contribution in [0.2, 0.25) is 0 Å². The molecule has 2 aliphatic heterocycles. The molecule has 182 valence electrons. The van der Waals surface area contributed by atoms with Crippen LogP contribution in [0.1, 0.15) is 36.2 Å². The number of fused-ring (bicyclic) bond motifs is 1. The molecule has 0 spiro atoms. The number of ether oxygens (including phenoxy) is 1. The quantitative estimate of drug-likeness (QED) is 0.217. The van der Waals surface area contributed by atoms with E-state index < -0.39 is 0 Å². The Morgan fingerprint density at radius 2 is 1.91 bits per heavy atom. The van der Waals surface area contributed by atoms with Crippen LogP contribution < -0.4 is 16.3 Å². The van der Waals surface area contributed by atoms with Crippen LogP contribution in [0.15, 0.2) is 34.1 Å². The van der Waals surface area contributed by atoms with Crippen molar-refractivity contribution >= 4 is 29.9 Å². The molecule has 0 aliphatic carbocycles. The van der Waals surface area contributed by atoms with Gasteiger partial charge in [0.15, 0.2) is 5.96 Å². The highest BCUT2D eigenvalue weighted by atomic mass is 127. The van der Waals surface area contributed by atoms with Crippen molar-refractivity contribution in [2.75, 3.05) is 39.9 Å². The SMILES string of the molecule is CN=C(NCCCn1nc2n(c1=O)CCCC2)NCc1ccccc1CN1CCOCC1.I. The number of morpholine rings is 1. The van der Waals surface area contributed by atoms with Gasteiger partial charge in [0, 0.05) is 59.3 Å². The molecule has 1 aromatic carbocycles. The molecule has 0 amide bonds. The summed E-state index contributed by atoms with van der Waals surface area (Å²) in [6.07, 6.45) is 3.90. The summed E-state index contributed by atoms with van der Waals surface area (Å²) in [5.74, 6) is 1.70. The first-order valence-corrected chi connectivity index (χ1v) is 11.7.